The summed E-state index contributed by atoms with van der Waals surface area (Å²) in [6, 6.07) is 0. The van der Waals surface area contributed by atoms with Gasteiger partial charge >= 0.3 is 5.97 Å². The Morgan fingerprint density at radius 3 is 2.60 bits per heavy atom. The van der Waals surface area contributed by atoms with E-state index in [9.17, 15) is 4.79 Å². The molecule has 0 aliphatic carbocycles. The van der Waals surface area contributed by atoms with Gasteiger partial charge in [-0.25, -0.2) is 4.79 Å². The van der Waals surface area contributed by atoms with Crippen LogP contribution in [0.25, 0.3) is 0 Å². The van der Waals surface area contributed by atoms with Gasteiger partial charge in [0.1, 0.15) is 4.91 Å². The fourth-order valence-electron chi connectivity index (χ4n) is 0.652. The second-order valence-electron chi connectivity index (χ2n) is 1.94. The van der Waals surface area contributed by atoms with Crippen LogP contribution >= 0.6 is 11.8 Å². The zero-order valence-electron chi connectivity index (χ0n) is 5.26. The Morgan fingerprint density at radius 1 is 1.80 bits per heavy atom. The number of allylic oxidation sites excluding steroid dienone is 1. The van der Waals surface area contributed by atoms with Crippen LogP contribution in [0.2, 0.25) is 0 Å². The van der Waals surface area contributed by atoms with Crippen molar-refractivity contribution in [3.63, 3.8) is 0 Å². The molecule has 0 unspecified atom stereocenters. The number of nitrogens with two attached hydrogens (primary N) is 1. The van der Waals surface area contributed by atoms with E-state index in [0.717, 1.165) is 0 Å². The molecule has 0 atom stereocenters. The lowest BCUT2D eigenvalue weighted by Gasteiger charge is -1.92. The molecule has 1 aliphatic rings. The monoisotopic (exact) mass is 157 g/mol. The number of aliphatic carboxylic acids is 1. The predicted octanol–water partition coefficient (Wildman–Crippen LogP) is 0.544. The summed E-state index contributed by atoms with van der Waals surface area (Å²) >= 11 is 1.22. The molecule has 0 saturated heterocycles. The molecule has 1 aliphatic heterocycles. The summed E-state index contributed by atoms with van der Waals surface area (Å²) in [4.78, 5) is 10.6. The summed E-state index contributed by atoms with van der Waals surface area (Å²) in [5, 5.41) is 8.50. The SMILES string of the molecule is C=C1CSC(C(=O)O)=C1N. The lowest BCUT2D eigenvalue weighted by Crippen LogP contribution is -2.04. The molecule has 0 fully saturated rings. The second kappa shape index (κ2) is 2.38. The molecule has 3 nitrogen and oxygen atoms in total. The minimum absolute atomic E-state index is 0.227. The molecule has 0 aromatic carbocycles. The van der Waals surface area contributed by atoms with Crippen molar-refractivity contribution in [1.29, 1.82) is 0 Å². The Labute approximate surface area is 62.6 Å². The average Bonchev–Trinajstić information content (AvgIpc) is 2.14. The normalized spacial score (nSPS) is 18.2. The molecule has 0 amide bonds. The molecule has 4 heteroatoms. The highest BCUT2D eigenvalue weighted by atomic mass is 32.2. The molecule has 1 rings (SSSR count). The summed E-state index contributed by atoms with van der Waals surface area (Å²) in [6.07, 6.45) is 0. The van der Waals surface area contributed by atoms with Crippen LogP contribution in [0.3, 0.4) is 0 Å². The van der Waals surface area contributed by atoms with Crippen molar-refractivity contribution in [2.75, 3.05) is 5.75 Å². The zero-order chi connectivity index (χ0) is 7.72. The summed E-state index contributed by atoms with van der Waals surface area (Å²) in [5.41, 5.74) is 6.44. The number of carboxylic acids is 1. The van der Waals surface area contributed by atoms with Crippen molar-refractivity contribution < 1.29 is 9.90 Å². The number of carboxylic acid groups (broad SMARTS) is 1. The van der Waals surface area contributed by atoms with E-state index >= 15 is 0 Å². The molecule has 0 aromatic heterocycles. The third kappa shape index (κ3) is 1.02. The Hall–Kier alpha value is -0.900. The molecule has 0 saturated carbocycles. The number of rotatable bonds is 1. The fourth-order valence-corrected chi connectivity index (χ4v) is 1.55. The first kappa shape index (κ1) is 7.21. The van der Waals surface area contributed by atoms with Gasteiger partial charge < -0.3 is 10.8 Å². The van der Waals surface area contributed by atoms with Crippen LogP contribution in [-0.2, 0) is 4.79 Å². The van der Waals surface area contributed by atoms with Gasteiger partial charge in [-0.05, 0) is 5.57 Å². The lowest BCUT2D eigenvalue weighted by atomic mass is 10.2. The van der Waals surface area contributed by atoms with E-state index in [0.29, 0.717) is 17.0 Å². The quantitative estimate of drug-likeness (QED) is 0.583. The molecule has 0 spiro atoms. The Kier molecular flexibility index (Phi) is 1.72. The lowest BCUT2D eigenvalue weighted by molar-refractivity contribution is -0.131. The van der Waals surface area contributed by atoms with E-state index in [-0.39, 0.29) is 4.91 Å². The van der Waals surface area contributed by atoms with Gasteiger partial charge in [0.15, 0.2) is 0 Å². The van der Waals surface area contributed by atoms with Gasteiger partial charge in [0.05, 0.1) is 5.70 Å². The van der Waals surface area contributed by atoms with Gasteiger partial charge in [-0.3, -0.25) is 0 Å². The van der Waals surface area contributed by atoms with Gasteiger partial charge in [-0.2, -0.15) is 0 Å². The van der Waals surface area contributed by atoms with Gasteiger partial charge in [-0.15, -0.1) is 11.8 Å². The third-order valence-electron chi connectivity index (χ3n) is 1.21. The topological polar surface area (TPSA) is 63.3 Å². The van der Waals surface area contributed by atoms with E-state index in [2.05, 4.69) is 6.58 Å². The van der Waals surface area contributed by atoms with E-state index in [4.69, 9.17) is 10.8 Å². The van der Waals surface area contributed by atoms with E-state index in [1.807, 2.05) is 0 Å². The maximum atomic E-state index is 10.4. The van der Waals surface area contributed by atoms with Crippen LogP contribution in [0.5, 0.6) is 0 Å². The Balaban J connectivity index is 2.96. The number of thioether (sulfide) groups is 1. The second-order valence-corrected chi connectivity index (χ2v) is 2.93. The molecular weight excluding hydrogens is 150 g/mol. The molecule has 0 bridgehead atoms. The van der Waals surface area contributed by atoms with E-state index in [1.54, 1.807) is 0 Å². The van der Waals surface area contributed by atoms with Crippen LogP contribution in [0.1, 0.15) is 0 Å². The van der Waals surface area contributed by atoms with Crippen molar-refractivity contribution in [2.45, 2.75) is 0 Å². The largest absolute Gasteiger partial charge is 0.477 e. The van der Waals surface area contributed by atoms with Crippen LogP contribution in [-0.4, -0.2) is 16.8 Å². The van der Waals surface area contributed by atoms with Gasteiger partial charge in [-0.1, -0.05) is 6.58 Å². The number of carbonyl (C=O) groups is 1. The van der Waals surface area contributed by atoms with Gasteiger partial charge in [0, 0.05) is 5.75 Å². The number of hydrogen-bond acceptors (Lipinski definition) is 3. The molecule has 3 N–H and O–H groups in total. The van der Waals surface area contributed by atoms with Gasteiger partial charge in [0.2, 0.25) is 0 Å². The minimum atomic E-state index is -0.957. The standard InChI is InChI=1S/C6H7NO2S/c1-3-2-10-5(4(3)7)6(8)9/h1-2,7H2,(H,8,9). The maximum absolute atomic E-state index is 10.4. The highest BCUT2D eigenvalue weighted by Crippen LogP contribution is 2.31. The van der Waals surface area contributed by atoms with Crippen LogP contribution in [0, 0.1) is 0 Å². The predicted molar refractivity (Wildman–Crippen MR) is 40.4 cm³/mol. The summed E-state index contributed by atoms with van der Waals surface area (Å²) in [7, 11) is 0. The first-order chi connectivity index (χ1) is 4.63. The smallest absolute Gasteiger partial charge is 0.344 e. The van der Waals surface area contributed by atoms with Crippen molar-refractivity contribution in [1.82, 2.24) is 0 Å². The minimum Gasteiger partial charge on any atom is -0.477 e. The summed E-state index contributed by atoms with van der Waals surface area (Å²) in [6.45, 7) is 3.60. The zero-order valence-corrected chi connectivity index (χ0v) is 6.07. The molecular formula is C6H7NO2S. The van der Waals surface area contributed by atoms with Crippen molar-refractivity contribution in [3.8, 4) is 0 Å². The average molecular weight is 157 g/mol. The maximum Gasteiger partial charge on any atom is 0.344 e. The van der Waals surface area contributed by atoms with Crippen LogP contribution in [0.4, 0.5) is 0 Å². The van der Waals surface area contributed by atoms with E-state index < -0.39 is 5.97 Å². The summed E-state index contributed by atoms with van der Waals surface area (Å²) in [5.74, 6) is -0.353. The molecule has 10 heavy (non-hydrogen) atoms. The van der Waals surface area contributed by atoms with E-state index in [1.165, 1.54) is 11.8 Å². The fraction of sp³-hybridized carbons (Fsp3) is 0.167. The molecule has 1 heterocycles. The van der Waals surface area contributed by atoms with Crippen molar-refractivity contribution in [3.05, 3.63) is 22.8 Å². The van der Waals surface area contributed by atoms with Crippen LogP contribution < -0.4 is 5.73 Å². The molecule has 0 aromatic rings. The Bertz CT molecular complexity index is 232. The molecule has 54 valence electrons. The first-order valence-electron chi connectivity index (χ1n) is 2.67. The molecule has 0 radical (unpaired) electrons. The Morgan fingerprint density at radius 2 is 2.40 bits per heavy atom. The van der Waals surface area contributed by atoms with Crippen molar-refractivity contribution >= 4 is 17.7 Å². The summed E-state index contributed by atoms with van der Waals surface area (Å²) < 4.78 is 0. The van der Waals surface area contributed by atoms with Gasteiger partial charge in [0.25, 0.3) is 0 Å². The highest BCUT2D eigenvalue weighted by molar-refractivity contribution is 8.04. The van der Waals surface area contributed by atoms with Crippen LogP contribution in [0.15, 0.2) is 22.8 Å². The number of hydrogen-bond donors (Lipinski definition) is 2. The highest BCUT2D eigenvalue weighted by Gasteiger charge is 2.21. The first-order valence-corrected chi connectivity index (χ1v) is 3.65. The van der Waals surface area contributed by atoms with Crippen molar-refractivity contribution in [2.24, 2.45) is 5.73 Å². The third-order valence-corrected chi connectivity index (χ3v) is 2.39.